The molecule has 0 bridgehead atoms. The van der Waals surface area contributed by atoms with E-state index in [1.54, 1.807) is 7.11 Å². The molecule has 6 heteroatoms. The summed E-state index contributed by atoms with van der Waals surface area (Å²) in [5.74, 6) is 0.801. The molecule has 0 N–H and O–H groups in total. The van der Waals surface area contributed by atoms with Gasteiger partial charge in [0.25, 0.3) is 0 Å². The highest BCUT2D eigenvalue weighted by Crippen LogP contribution is 2.39. The van der Waals surface area contributed by atoms with Crippen LogP contribution in [0.1, 0.15) is 36.2 Å². The predicted octanol–water partition coefficient (Wildman–Crippen LogP) is 1.62. The topological polar surface area (TPSA) is 56.6 Å². The first-order valence-electron chi connectivity index (χ1n) is 8.84. The van der Waals surface area contributed by atoms with E-state index < -0.39 is 0 Å². The number of nitrogens with zero attached hydrogens (tertiary/aromatic N) is 3. The van der Waals surface area contributed by atoms with E-state index in [4.69, 9.17) is 9.47 Å². The number of rotatable bonds is 6. The van der Waals surface area contributed by atoms with Gasteiger partial charge in [-0.2, -0.15) is 5.10 Å². The molecule has 24 heavy (non-hydrogen) atoms. The maximum atomic E-state index is 12.4. The van der Waals surface area contributed by atoms with Gasteiger partial charge in [0, 0.05) is 32.9 Å². The lowest BCUT2D eigenvalue weighted by atomic mass is 9.85. The van der Waals surface area contributed by atoms with Gasteiger partial charge in [0.2, 0.25) is 5.91 Å². The molecule has 2 aliphatic rings. The fourth-order valence-electron chi connectivity index (χ4n) is 4.02. The van der Waals surface area contributed by atoms with Crippen molar-refractivity contribution in [1.82, 2.24) is 14.7 Å². The highest BCUT2D eigenvalue weighted by atomic mass is 16.5. The van der Waals surface area contributed by atoms with Crippen LogP contribution in [-0.2, 0) is 27.7 Å². The van der Waals surface area contributed by atoms with Crippen LogP contribution in [0.15, 0.2) is 0 Å². The van der Waals surface area contributed by atoms with E-state index in [9.17, 15) is 4.79 Å². The van der Waals surface area contributed by atoms with Gasteiger partial charge in [-0.05, 0) is 44.6 Å². The minimum atomic E-state index is -0.0752. The van der Waals surface area contributed by atoms with E-state index in [1.165, 1.54) is 5.56 Å². The van der Waals surface area contributed by atoms with Crippen molar-refractivity contribution in [2.45, 2.75) is 45.1 Å². The number of likely N-dealkylation sites (tertiary alicyclic amines) is 1. The third-order valence-electron chi connectivity index (χ3n) is 5.57. The number of amides is 1. The quantitative estimate of drug-likeness (QED) is 0.793. The maximum absolute atomic E-state index is 12.4. The highest BCUT2D eigenvalue weighted by molar-refractivity contribution is 5.77. The number of methoxy groups -OCH3 is 1. The van der Waals surface area contributed by atoms with E-state index in [-0.39, 0.29) is 11.5 Å². The van der Waals surface area contributed by atoms with E-state index in [2.05, 4.69) is 12.0 Å². The fraction of sp³-hybridized carbons (Fsp3) is 0.778. The Kier molecular flexibility index (Phi) is 4.97. The number of hydrogen-bond acceptors (Lipinski definition) is 4. The molecule has 1 amide bonds. The molecule has 0 radical (unpaired) electrons. The lowest BCUT2D eigenvalue weighted by Crippen LogP contribution is -2.63. The summed E-state index contributed by atoms with van der Waals surface area (Å²) < 4.78 is 13.0. The number of carbonyl (C=O) groups is 1. The first-order valence-corrected chi connectivity index (χ1v) is 8.84. The molecule has 2 aliphatic heterocycles. The van der Waals surface area contributed by atoms with Crippen LogP contribution in [0.3, 0.4) is 0 Å². The number of ether oxygens (including phenoxy) is 2. The zero-order chi connectivity index (χ0) is 17.3. The van der Waals surface area contributed by atoms with Gasteiger partial charge >= 0.3 is 0 Å². The average molecular weight is 335 g/mol. The minimum absolute atomic E-state index is 0.0752. The monoisotopic (exact) mass is 335 g/mol. The number of aromatic nitrogens is 2. The van der Waals surface area contributed by atoms with Crippen molar-refractivity contribution in [2.75, 3.05) is 33.4 Å². The summed E-state index contributed by atoms with van der Waals surface area (Å²) in [4.78, 5) is 14.4. The number of hydrogen-bond donors (Lipinski definition) is 0. The Morgan fingerprint density at radius 3 is 2.79 bits per heavy atom. The van der Waals surface area contributed by atoms with Gasteiger partial charge in [0.1, 0.15) is 5.60 Å². The zero-order valence-corrected chi connectivity index (χ0v) is 15.3. The Morgan fingerprint density at radius 2 is 2.17 bits per heavy atom. The second kappa shape index (κ2) is 6.84. The van der Waals surface area contributed by atoms with Crippen LogP contribution in [0.2, 0.25) is 0 Å². The zero-order valence-electron chi connectivity index (χ0n) is 15.3. The molecule has 0 saturated carbocycles. The van der Waals surface area contributed by atoms with E-state index >= 15 is 0 Å². The van der Waals surface area contributed by atoms with Crippen molar-refractivity contribution in [3.8, 4) is 0 Å². The average Bonchev–Trinajstić information content (AvgIpc) is 3.04. The highest BCUT2D eigenvalue weighted by Gasteiger charge is 2.50. The predicted molar refractivity (Wildman–Crippen MR) is 90.9 cm³/mol. The first kappa shape index (κ1) is 17.4. The van der Waals surface area contributed by atoms with E-state index in [1.807, 2.05) is 23.6 Å². The third kappa shape index (κ3) is 3.35. The second-order valence-electron chi connectivity index (χ2n) is 7.37. The molecule has 134 valence electrons. The fourth-order valence-corrected chi connectivity index (χ4v) is 4.02. The molecule has 0 aromatic carbocycles. The van der Waals surface area contributed by atoms with Gasteiger partial charge in [0.05, 0.1) is 25.4 Å². The molecule has 2 fully saturated rings. The molecule has 1 aromatic rings. The molecular formula is C18H29N3O3. The molecule has 1 atom stereocenters. The standard InChI is InChI=1S/C18H29N3O3/c1-13-16(14(2)20(3)19-13)5-6-17(22)21-11-18(12-21)9-15(10-24-18)7-8-23-4/h15H,5-12H2,1-4H3. The minimum Gasteiger partial charge on any atom is -0.385 e. The Labute approximate surface area is 144 Å². The van der Waals surface area contributed by atoms with Crippen molar-refractivity contribution in [1.29, 1.82) is 0 Å². The lowest BCUT2D eigenvalue weighted by molar-refractivity contribution is -0.157. The molecule has 0 aliphatic carbocycles. The van der Waals surface area contributed by atoms with Crippen LogP contribution in [-0.4, -0.2) is 59.6 Å². The van der Waals surface area contributed by atoms with Crippen molar-refractivity contribution in [3.63, 3.8) is 0 Å². The van der Waals surface area contributed by atoms with Gasteiger partial charge in [-0.3, -0.25) is 9.48 Å². The largest absolute Gasteiger partial charge is 0.385 e. The first-order chi connectivity index (χ1) is 11.4. The van der Waals surface area contributed by atoms with Crippen LogP contribution in [0.5, 0.6) is 0 Å². The summed E-state index contributed by atoms with van der Waals surface area (Å²) in [5, 5.41) is 4.42. The maximum Gasteiger partial charge on any atom is 0.223 e. The SMILES string of the molecule is COCCC1COC2(C1)CN(C(=O)CCc1c(C)nn(C)c1C)C2. The van der Waals surface area contributed by atoms with E-state index in [0.717, 1.165) is 57.0 Å². The van der Waals surface area contributed by atoms with Crippen molar-refractivity contribution >= 4 is 5.91 Å². The van der Waals surface area contributed by atoms with E-state index in [0.29, 0.717) is 12.3 Å². The van der Waals surface area contributed by atoms with Gasteiger partial charge in [-0.15, -0.1) is 0 Å². The summed E-state index contributed by atoms with van der Waals surface area (Å²) in [6.07, 6.45) is 3.43. The molecule has 6 nitrogen and oxygen atoms in total. The van der Waals surface area contributed by atoms with Crippen LogP contribution in [0.25, 0.3) is 0 Å². The van der Waals surface area contributed by atoms with Crippen LogP contribution >= 0.6 is 0 Å². The normalized spacial score (nSPS) is 22.2. The van der Waals surface area contributed by atoms with Gasteiger partial charge in [-0.25, -0.2) is 0 Å². The van der Waals surface area contributed by atoms with Crippen LogP contribution in [0.4, 0.5) is 0 Å². The smallest absolute Gasteiger partial charge is 0.223 e. The molecule has 1 spiro atoms. The van der Waals surface area contributed by atoms with Gasteiger partial charge in [-0.1, -0.05) is 0 Å². The Bertz CT molecular complexity index is 605. The molecule has 2 saturated heterocycles. The number of aryl methyl sites for hydroxylation is 2. The molecule has 1 aromatic heterocycles. The Morgan fingerprint density at radius 1 is 1.42 bits per heavy atom. The third-order valence-corrected chi connectivity index (χ3v) is 5.57. The Balaban J connectivity index is 1.45. The van der Waals surface area contributed by atoms with Crippen molar-refractivity contribution < 1.29 is 14.3 Å². The molecular weight excluding hydrogens is 306 g/mol. The summed E-state index contributed by atoms with van der Waals surface area (Å²) in [6, 6.07) is 0. The lowest BCUT2D eigenvalue weighted by Gasteiger charge is -2.47. The van der Waals surface area contributed by atoms with Crippen molar-refractivity contribution in [3.05, 3.63) is 17.0 Å². The summed E-state index contributed by atoms with van der Waals surface area (Å²) in [5.41, 5.74) is 3.31. The van der Waals surface area contributed by atoms with Crippen molar-refractivity contribution in [2.24, 2.45) is 13.0 Å². The van der Waals surface area contributed by atoms with Gasteiger partial charge < -0.3 is 14.4 Å². The molecule has 3 heterocycles. The Hall–Kier alpha value is -1.40. The molecule has 3 rings (SSSR count). The van der Waals surface area contributed by atoms with Crippen LogP contribution < -0.4 is 0 Å². The number of carbonyl (C=O) groups excluding carboxylic acids is 1. The second-order valence-corrected chi connectivity index (χ2v) is 7.37. The molecule has 1 unspecified atom stereocenters. The van der Waals surface area contributed by atoms with Crippen LogP contribution in [0, 0.1) is 19.8 Å². The van der Waals surface area contributed by atoms with Gasteiger partial charge in [0.15, 0.2) is 0 Å². The summed E-state index contributed by atoms with van der Waals surface area (Å²) in [7, 11) is 3.69. The summed E-state index contributed by atoms with van der Waals surface area (Å²) in [6.45, 7) is 7.17. The summed E-state index contributed by atoms with van der Waals surface area (Å²) >= 11 is 0.